The van der Waals surface area contributed by atoms with Crippen LogP contribution in [0, 0.1) is 0 Å². The predicted octanol–water partition coefficient (Wildman–Crippen LogP) is 3.28. The minimum absolute atomic E-state index is 0.707. The molecule has 2 rings (SSSR count). The van der Waals surface area contributed by atoms with Crippen molar-refractivity contribution in [3.8, 4) is 0 Å². The van der Waals surface area contributed by atoms with Gasteiger partial charge in [-0.15, -0.1) is 11.6 Å². The van der Waals surface area contributed by atoms with Gasteiger partial charge in [0, 0.05) is 19.0 Å². The minimum atomic E-state index is 0.707. The smallest absolute Gasteiger partial charge is 0.0351 e. The molecular formula is C14H20ClN. The fourth-order valence-corrected chi connectivity index (χ4v) is 2.94. The van der Waals surface area contributed by atoms with Crippen molar-refractivity contribution in [3.63, 3.8) is 0 Å². The largest absolute Gasteiger partial charge is 0.305 e. The fraction of sp³-hybridized carbons (Fsp3) is 0.571. The Morgan fingerprint density at radius 3 is 3.00 bits per heavy atom. The molecule has 1 aliphatic carbocycles. The molecule has 0 N–H and O–H groups in total. The number of benzene rings is 1. The van der Waals surface area contributed by atoms with Crippen molar-refractivity contribution in [3.05, 3.63) is 35.4 Å². The van der Waals surface area contributed by atoms with Crippen LogP contribution in [0.4, 0.5) is 0 Å². The van der Waals surface area contributed by atoms with Crippen molar-refractivity contribution in [1.82, 2.24) is 4.90 Å². The highest BCUT2D eigenvalue weighted by molar-refractivity contribution is 6.18. The first-order chi connectivity index (χ1) is 7.81. The van der Waals surface area contributed by atoms with E-state index in [1.807, 2.05) is 0 Å². The molecule has 0 aliphatic heterocycles. The quantitative estimate of drug-likeness (QED) is 0.727. The number of fused-ring (bicyclic) bond motifs is 1. The van der Waals surface area contributed by atoms with Crippen molar-refractivity contribution in [2.24, 2.45) is 0 Å². The van der Waals surface area contributed by atoms with Crippen molar-refractivity contribution >= 4 is 11.6 Å². The maximum atomic E-state index is 5.77. The van der Waals surface area contributed by atoms with E-state index >= 15 is 0 Å². The van der Waals surface area contributed by atoms with E-state index in [1.54, 1.807) is 11.1 Å². The molecule has 2 heteroatoms. The van der Waals surface area contributed by atoms with Gasteiger partial charge in [0.2, 0.25) is 0 Å². The van der Waals surface area contributed by atoms with Gasteiger partial charge in [-0.2, -0.15) is 0 Å². The van der Waals surface area contributed by atoms with E-state index in [2.05, 4.69) is 36.2 Å². The Labute approximate surface area is 103 Å². The SMILES string of the molecule is CN(CCCl)CC1CCCc2ccccc21. The molecule has 1 aliphatic rings. The van der Waals surface area contributed by atoms with E-state index in [1.165, 1.54) is 19.3 Å². The van der Waals surface area contributed by atoms with Gasteiger partial charge in [-0.3, -0.25) is 0 Å². The van der Waals surface area contributed by atoms with Crippen LogP contribution in [0.25, 0.3) is 0 Å². The molecule has 0 fully saturated rings. The summed E-state index contributed by atoms with van der Waals surface area (Å²) in [6, 6.07) is 8.90. The van der Waals surface area contributed by atoms with Crippen LogP contribution in [-0.4, -0.2) is 30.9 Å². The van der Waals surface area contributed by atoms with Crippen LogP contribution in [0.3, 0.4) is 0 Å². The molecule has 0 spiro atoms. The lowest BCUT2D eigenvalue weighted by atomic mass is 9.82. The van der Waals surface area contributed by atoms with Gasteiger partial charge >= 0.3 is 0 Å². The molecule has 88 valence electrons. The molecule has 1 aromatic rings. The molecule has 1 aromatic carbocycles. The van der Waals surface area contributed by atoms with Gasteiger partial charge in [-0.05, 0) is 43.4 Å². The standard InChI is InChI=1S/C14H20ClN/c1-16(10-9-15)11-13-7-4-6-12-5-2-3-8-14(12)13/h2-3,5,8,13H,4,6-7,9-11H2,1H3. The summed E-state index contributed by atoms with van der Waals surface area (Å²) in [4.78, 5) is 2.35. The average molecular weight is 238 g/mol. The Hall–Kier alpha value is -0.530. The lowest BCUT2D eigenvalue weighted by Crippen LogP contribution is -2.28. The highest BCUT2D eigenvalue weighted by Gasteiger charge is 2.20. The second-order valence-corrected chi connectivity index (χ2v) is 5.12. The molecule has 1 atom stereocenters. The highest BCUT2D eigenvalue weighted by Crippen LogP contribution is 2.31. The summed E-state index contributed by atoms with van der Waals surface area (Å²) >= 11 is 5.77. The second kappa shape index (κ2) is 5.70. The molecule has 0 saturated heterocycles. The lowest BCUT2D eigenvalue weighted by Gasteiger charge is -2.29. The van der Waals surface area contributed by atoms with Crippen LogP contribution < -0.4 is 0 Å². The molecule has 1 nitrogen and oxygen atoms in total. The molecule has 1 unspecified atom stereocenters. The first-order valence-electron chi connectivity index (χ1n) is 6.13. The Kier molecular flexibility index (Phi) is 4.25. The number of hydrogen-bond donors (Lipinski definition) is 0. The highest BCUT2D eigenvalue weighted by atomic mass is 35.5. The third-order valence-corrected chi connectivity index (χ3v) is 3.66. The van der Waals surface area contributed by atoms with Crippen LogP contribution in [0.15, 0.2) is 24.3 Å². The van der Waals surface area contributed by atoms with Gasteiger partial charge in [0.05, 0.1) is 0 Å². The molecule has 0 saturated carbocycles. The third-order valence-electron chi connectivity index (χ3n) is 3.49. The summed E-state index contributed by atoms with van der Waals surface area (Å²) < 4.78 is 0. The van der Waals surface area contributed by atoms with E-state index in [4.69, 9.17) is 11.6 Å². The van der Waals surface area contributed by atoms with Crippen LogP contribution in [0.1, 0.15) is 29.9 Å². The van der Waals surface area contributed by atoms with Crippen LogP contribution in [0.2, 0.25) is 0 Å². The third kappa shape index (κ3) is 2.78. The monoisotopic (exact) mass is 237 g/mol. The van der Waals surface area contributed by atoms with E-state index in [0.717, 1.165) is 19.0 Å². The zero-order chi connectivity index (χ0) is 11.4. The number of likely N-dealkylation sites (N-methyl/N-ethyl adjacent to an activating group) is 1. The first-order valence-corrected chi connectivity index (χ1v) is 6.67. The van der Waals surface area contributed by atoms with Gasteiger partial charge in [-0.1, -0.05) is 24.3 Å². The summed E-state index contributed by atoms with van der Waals surface area (Å²) in [5.74, 6) is 1.43. The Morgan fingerprint density at radius 2 is 2.19 bits per heavy atom. The van der Waals surface area contributed by atoms with Gasteiger partial charge in [-0.25, -0.2) is 0 Å². The van der Waals surface area contributed by atoms with Gasteiger partial charge in [0.25, 0.3) is 0 Å². The van der Waals surface area contributed by atoms with Crippen LogP contribution >= 0.6 is 11.6 Å². The van der Waals surface area contributed by atoms with Crippen molar-refractivity contribution in [2.75, 3.05) is 26.0 Å². The van der Waals surface area contributed by atoms with Gasteiger partial charge in [0.1, 0.15) is 0 Å². The van der Waals surface area contributed by atoms with Crippen molar-refractivity contribution in [1.29, 1.82) is 0 Å². The summed E-state index contributed by atoms with van der Waals surface area (Å²) in [6.07, 6.45) is 3.91. The number of halogens is 1. The second-order valence-electron chi connectivity index (χ2n) is 4.74. The lowest BCUT2D eigenvalue weighted by molar-refractivity contribution is 0.313. The zero-order valence-corrected chi connectivity index (χ0v) is 10.7. The first kappa shape index (κ1) is 11.9. The Morgan fingerprint density at radius 1 is 1.38 bits per heavy atom. The molecule has 0 radical (unpaired) electrons. The van der Waals surface area contributed by atoms with Gasteiger partial charge in [0.15, 0.2) is 0 Å². The maximum absolute atomic E-state index is 5.77. The summed E-state index contributed by atoms with van der Waals surface area (Å²) in [7, 11) is 2.17. The summed E-state index contributed by atoms with van der Waals surface area (Å²) in [6.45, 7) is 2.13. The topological polar surface area (TPSA) is 3.24 Å². The zero-order valence-electron chi connectivity index (χ0n) is 9.95. The van der Waals surface area contributed by atoms with Crippen molar-refractivity contribution in [2.45, 2.75) is 25.2 Å². The number of alkyl halides is 1. The number of rotatable bonds is 4. The molecule has 0 amide bonds. The normalized spacial score (nSPS) is 19.8. The summed E-state index contributed by atoms with van der Waals surface area (Å²) in [5, 5.41) is 0. The minimum Gasteiger partial charge on any atom is -0.305 e. The molecule has 0 bridgehead atoms. The van der Waals surface area contributed by atoms with Crippen LogP contribution in [0.5, 0.6) is 0 Å². The van der Waals surface area contributed by atoms with E-state index < -0.39 is 0 Å². The van der Waals surface area contributed by atoms with Crippen molar-refractivity contribution < 1.29 is 0 Å². The number of hydrogen-bond acceptors (Lipinski definition) is 1. The van der Waals surface area contributed by atoms with E-state index in [0.29, 0.717) is 5.92 Å². The predicted molar refractivity (Wildman–Crippen MR) is 70.3 cm³/mol. The average Bonchev–Trinajstić information content (AvgIpc) is 2.30. The van der Waals surface area contributed by atoms with Crippen LogP contribution in [-0.2, 0) is 6.42 Å². The molecule has 0 aromatic heterocycles. The Bertz CT molecular complexity index is 337. The van der Waals surface area contributed by atoms with E-state index in [9.17, 15) is 0 Å². The summed E-state index contributed by atoms with van der Waals surface area (Å²) in [5.41, 5.74) is 3.12. The maximum Gasteiger partial charge on any atom is 0.0351 e. The Balaban J connectivity index is 2.07. The molecule has 0 heterocycles. The number of aryl methyl sites for hydroxylation is 1. The van der Waals surface area contributed by atoms with Gasteiger partial charge < -0.3 is 4.90 Å². The number of nitrogens with zero attached hydrogens (tertiary/aromatic N) is 1. The van der Waals surface area contributed by atoms with E-state index in [-0.39, 0.29) is 0 Å². The molecular weight excluding hydrogens is 218 g/mol. The molecule has 16 heavy (non-hydrogen) atoms. The fourth-order valence-electron chi connectivity index (χ4n) is 2.66.